The number of hydrogen-bond acceptors (Lipinski definition) is 5. The van der Waals surface area contributed by atoms with Gasteiger partial charge in [-0.15, -0.1) is 0 Å². The number of anilines is 1. The van der Waals surface area contributed by atoms with Gasteiger partial charge in [0.25, 0.3) is 11.1 Å². The zero-order chi connectivity index (χ0) is 21.8. The molecule has 0 atom stereocenters. The van der Waals surface area contributed by atoms with Crippen LogP contribution in [0.15, 0.2) is 50.2 Å². The summed E-state index contributed by atoms with van der Waals surface area (Å²) >= 11 is 7.71. The fourth-order valence-corrected chi connectivity index (χ4v) is 5.00. The van der Waals surface area contributed by atoms with Crippen molar-refractivity contribution in [2.75, 3.05) is 18.5 Å². The van der Waals surface area contributed by atoms with Gasteiger partial charge in [0.15, 0.2) is 0 Å². The maximum atomic E-state index is 12.7. The lowest BCUT2D eigenvalue weighted by Crippen LogP contribution is -2.36. The van der Waals surface area contributed by atoms with E-state index in [4.69, 9.17) is 4.74 Å². The number of carbonyl (C=O) groups is 3. The lowest BCUT2D eigenvalue weighted by Gasteiger charge is -2.12. The van der Waals surface area contributed by atoms with Crippen LogP contribution in [0.5, 0.6) is 5.75 Å². The van der Waals surface area contributed by atoms with Crippen molar-refractivity contribution in [3.8, 4) is 5.75 Å². The third-order valence-corrected chi connectivity index (χ3v) is 6.20. The van der Waals surface area contributed by atoms with Crippen molar-refractivity contribution in [3.63, 3.8) is 0 Å². The summed E-state index contributed by atoms with van der Waals surface area (Å²) in [4.78, 5) is 38.5. The summed E-state index contributed by atoms with van der Waals surface area (Å²) in [6.07, 6.45) is 1.62. The van der Waals surface area contributed by atoms with Gasteiger partial charge in [-0.2, -0.15) is 0 Å². The summed E-state index contributed by atoms with van der Waals surface area (Å²) in [5.74, 6) is -0.269. The Morgan fingerprint density at radius 1 is 1.17 bits per heavy atom. The van der Waals surface area contributed by atoms with Gasteiger partial charge in [0.1, 0.15) is 12.3 Å². The molecule has 3 amide bonds. The number of rotatable bonds is 6. The highest BCUT2D eigenvalue weighted by atomic mass is 79.9. The van der Waals surface area contributed by atoms with Crippen molar-refractivity contribution in [3.05, 3.63) is 61.4 Å². The molecule has 3 rings (SSSR count). The average Bonchev–Trinajstić information content (AvgIpc) is 2.94. The Morgan fingerprint density at radius 3 is 2.40 bits per heavy atom. The third kappa shape index (κ3) is 5.33. The molecule has 0 aromatic heterocycles. The highest BCUT2D eigenvalue weighted by Gasteiger charge is 2.36. The minimum atomic E-state index is -0.495. The Morgan fingerprint density at radius 2 is 1.80 bits per heavy atom. The molecule has 9 heteroatoms. The van der Waals surface area contributed by atoms with Gasteiger partial charge in [0, 0.05) is 5.69 Å². The van der Waals surface area contributed by atoms with E-state index in [9.17, 15) is 14.4 Å². The zero-order valence-electron chi connectivity index (χ0n) is 16.2. The summed E-state index contributed by atoms with van der Waals surface area (Å²) < 4.78 is 7.00. The average molecular weight is 554 g/mol. The lowest BCUT2D eigenvalue weighted by atomic mass is 10.2. The van der Waals surface area contributed by atoms with Crippen LogP contribution in [0.4, 0.5) is 10.5 Å². The lowest BCUT2D eigenvalue weighted by molar-refractivity contribution is -0.127. The van der Waals surface area contributed by atoms with E-state index in [1.807, 2.05) is 26.0 Å². The molecular formula is C21H18Br2N2O4S. The van der Waals surface area contributed by atoms with Gasteiger partial charge in [0.2, 0.25) is 5.91 Å². The first-order valence-electron chi connectivity index (χ1n) is 9.02. The van der Waals surface area contributed by atoms with E-state index in [0.29, 0.717) is 23.6 Å². The maximum Gasteiger partial charge on any atom is 0.294 e. The van der Waals surface area contributed by atoms with Crippen molar-refractivity contribution in [2.24, 2.45) is 0 Å². The van der Waals surface area contributed by atoms with E-state index < -0.39 is 17.1 Å². The number of benzene rings is 2. The molecule has 1 heterocycles. The molecule has 0 bridgehead atoms. The minimum Gasteiger partial charge on any atom is -0.492 e. The molecule has 0 radical (unpaired) electrons. The van der Waals surface area contributed by atoms with Crippen LogP contribution >= 0.6 is 43.6 Å². The fraction of sp³-hybridized carbons (Fsp3) is 0.190. The smallest absolute Gasteiger partial charge is 0.294 e. The Labute approximate surface area is 195 Å². The molecule has 30 heavy (non-hydrogen) atoms. The number of amides is 3. The number of nitrogens with one attached hydrogen (secondary N) is 1. The summed E-state index contributed by atoms with van der Waals surface area (Å²) in [6.45, 7) is 4.00. The first kappa shape index (κ1) is 22.6. The summed E-state index contributed by atoms with van der Waals surface area (Å²) in [5, 5.41) is 2.22. The van der Waals surface area contributed by atoms with Crippen LogP contribution in [-0.4, -0.2) is 35.1 Å². The van der Waals surface area contributed by atoms with E-state index in [0.717, 1.165) is 31.2 Å². The minimum absolute atomic E-state index is 0.256. The van der Waals surface area contributed by atoms with Crippen molar-refractivity contribution < 1.29 is 19.1 Å². The van der Waals surface area contributed by atoms with Gasteiger partial charge in [0.05, 0.1) is 20.5 Å². The first-order chi connectivity index (χ1) is 14.3. The third-order valence-electron chi connectivity index (χ3n) is 4.12. The van der Waals surface area contributed by atoms with Gasteiger partial charge >= 0.3 is 0 Å². The molecule has 6 nitrogen and oxygen atoms in total. The van der Waals surface area contributed by atoms with Crippen molar-refractivity contribution in [1.82, 2.24) is 4.90 Å². The molecule has 0 aliphatic carbocycles. The van der Waals surface area contributed by atoms with Crippen LogP contribution in [0.3, 0.4) is 0 Å². The molecule has 2 aromatic rings. The van der Waals surface area contributed by atoms with Gasteiger partial charge in [-0.3, -0.25) is 19.3 Å². The molecule has 1 saturated heterocycles. The fourth-order valence-electron chi connectivity index (χ4n) is 2.71. The zero-order valence-corrected chi connectivity index (χ0v) is 20.2. The second kappa shape index (κ2) is 9.80. The number of halogens is 2. The number of hydrogen-bond donors (Lipinski definition) is 1. The molecule has 156 valence electrons. The van der Waals surface area contributed by atoms with Gasteiger partial charge in [-0.05, 0) is 93.4 Å². The number of ether oxygens (including phenoxy) is 1. The summed E-state index contributed by atoms with van der Waals surface area (Å²) in [5.41, 5.74) is 2.39. The van der Waals surface area contributed by atoms with Crippen LogP contribution in [-0.2, 0) is 9.59 Å². The van der Waals surface area contributed by atoms with E-state index in [1.165, 1.54) is 0 Å². The Bertz CT molecular complexity index is 1010. The SMILES string of the molecule is CCOc1c(Br)cc(/C=C2\SC(=O)N(CC(=O)Nc3ccc(C)cc3)C2=O)cc1Br. The highest BCUT2D eigenvalue weighted by Crippen LogP contribution is 2.37. The number of imide groups is 1. The van der Waals surface area contributed by atoms with Gasteiger partial charge in [-0.25, -0.2) is 0 Å². The molecule has 0 unspecified atom stereocenters. The predicted octanol–water partition coefficient (Wildman–Crippen LogP) is 5.59. The first-order valence-corrected chi connectivity index (χ1v) is 11.4. The quantitative estimate of drug-likeness (QED) is 0.472. The maximum absolute atomic E-state index is 12.7. The number of thioether (sulfide) groups is 1. The van der Waals surface area contributed by atoms with E-state index >= 15 is 0 Å². The monoisotopic (exact) mass is 552 g/mol. The largest absolute Gasteiger partial charge is 0.492 e. The number of nitrogens with zero attached hydrogens (tertiary/aromatic N) is 1. The van der Waals surface area contributed by atoms with Gasteiger partial charge < -0.3 is 10.1 Å². The molecule has 1 N–H and O–H groups in total. The van der Waals surface area contributed by atoms with Gasteiger partial charge in [-0.1, -0.05) is 17.7 Å². The van der Waals surface area contributed by atoms with E-state index in [1.54, 1.807) is 30.3 Å². The highest BCUT2D eigenvalue weighted by molar-refractivity contribution is 9.11. The second-order valence-electron chi connectivity index (χ2n) is 6.43. The number of carbonyl (C=O) groups excluding carboxylic acids is 3. The van der Waals surface area contributed by atoms with Crippen molar-refractivity contribution in [2.45, 2.75) is 13.8 Å². The van der Waals surface area contributed by atoms with E-state index in [-0.39, 0.29) is 11.4 Å². The van der Waals surface area contributed by atoms with Crippen LogP contribution in [0, 0.1) is 6.92 Å². The second-order valence-corrected chi connectivity index (χ2v) is 9.13. The van der Waals surface area contributed by atoms with E-state index in [2.05, 4.69) is 37.2 Å². The van der Waals surface area contributed by atoms with Crippen molar-refractivity contribution >= 4 is 72.4 Å². The van der Waals surface area contributed by atoms with Crippen LogP contribution < -0.4 is 10.1 Å². The summed E-state index contributed by atoms with van der Waals surface area (Å²) in [6, 6.07) is 10.9. The normalized spacial score (nSPS) is 15.1. The molecule has 0 saturated carbocycles. The molecular weight excluding hydrogens is 536 g/mol. The Balaban J connectivity index is 1.72. The topological polar surface area (TPSA) is 75.7 Å². The molecule has 0 spiro atoms. The van der Waals surface area contributed by atoms with Crippen molar-refractivity contribution in [1.29, 1.82) is 0 Å². The molecule has 1 aliphatic rings. The summed E-state index contributed by atoms with van der Waals surface area (Å²) in [7, 11) is 0. The molecule has 2 aromatic carbocycles. The van der Waals surface area contributed by atoms with Crippen LogP contribution in [0.25, 0.3) is 6.08 Å². The van der Waals surface area contributed by atoms with Crippen LogP contribution in [0.2, 0.25) is 0 Å². The molecule has 1 fully saturated rings. The standard InChI is InChI=1S/C21H18Br2N2O4S/c1-3-29-19-15(22)8-13(9-16(19)23)10-17-20(27)25(21(28)30-17)11-18(26)24-14-6-4-12(2)5-7-14/h4-10H,3,11H2,1-2H3,(H,24,26)/b17-10-. The Hall–Kier alpha value is -2.10. The number of aryl methyl sites for hydroxylation is 1. The Kier molecular flexibility index (Phi) is 7.38. The predicted molar refractivity (Wildman–Crippen MR) is 125 cm³/mol. The molecule has 1 aliphatic heterocycles. The van der Waals surface area contributed by atoms with Crippen LogP contribution in [0.1, 0.15) is 18.1 Å².